The van der Waals surface area contributed by atoms with Crippen LogP contribution in [-0.4, -0.2) is 21.1 Å². The number of hydrogen-bond donors (Lipinski definition) is 1. The zero-order chi connectivity index (χ0) is 13.7. The number of nitrogens with zero attached hydrogens (tertiary/aromatic N) is 3. The molecule has 0 atom stereocenters. The van der Waals surface area contributed by atoms with E-state index in [1.807, 2.05) is 24.1 Å². The van der Waals surface area contributed by atoms with Crippen LogP contribution in [0.1, 0.15) is 37.3 Å². The van der Waals surface area contributed by atoms with Gasteiger partial charge in [0.15, 0.2) is 0 Å². The van der Waals surface area contributed by atoms with Gasteiger partial charge >= 0.3 is 0 Å². The van der Waals surface area contributed by atoms with Gasteiger partial charge in [-0.15, -0.1) is 11.3 Å². The highest BCUT2D eigenvalue weighted by atomic mass is 32.1. The number of aryl methyl sites for hydroxylation is 2. The minimum Gasteiger partial charge on any atom is -0.332 e. The Bertz CT molecular complexity index is 515. The van der Waals surface area contributed by atoms with Crippen molar-refractivity contribution in [3.63, 3.8) is 0 Å². The third-order valence-corrected chi connectivity index (χ3v) is 4.13. The highest BCUT2D eigenvalue weighted by molar-refractivity contribution is 7.15. The molecule has 19 heavy (non-hydrogen) atoms. The van der Waals surface area contributed by atoms with Gasteiger partial charge in [0.2, 0.25) is 0 Å². The van der Waals surface area contributed by atoms with Crippen LogP contribution in [0.3, 0.4) is 0 Å². The molecule has 1 N–H and O–H groups in total. The van der Waals surface area contributed by atoms with Crippen LogP contribution in [0.4, 0.5) is 0 Å². The quantitative estimate of drug-likeness (QED) is 0.792. The Labute approximate surface area is 118 Å². The fourth-order valence-corrected chi connectivity index (χ4v) is 3.14. The first-order valence-corrected chi connectivity index (χ1v) is 7.73. The first-order valence-electron chi connectivity index (χ1n) is 6.92. The van der Waals surface area contributed by atoms with Crippen molar-refractivity contribution in [1.29, 1.82) is 0 Å². The standard InChI is InChI=1S/C14H22N4S/c1-4-6-11-13(9-15-7-5-2)19-14(17-11)12-8-16-10-18(12)3/h8,10,15H,4-7,9H2,1-3H3. The number of thiazole rings is 1. The summed E-state index contributed by atoms with van der Waals surface area (Å²) < 4.78 is 2.03. The summed E-state index contributed by atoms with van der Waals surface area (Å²) >= 11 is 1.79. The third kappa shape index (κ3) is 3.42. The Morgan fingerprint density at radius 1 is 1.32 bits per heavy atom. The molecule has 0 saturated heterocycles. The highest BCUT2D eigenvalue weighted by Gasteiger charge is 2.13. The zero-order valence-electron chi connectivity index (χ0n) is 11.9. The van der Waals surface area contributed by atoms with Crippen LogP contribution in [0.2, 0.25) is 0 Å². The second-order valence-electron chi connectivity index (χ2n) is 4.71. The van der Waals surface area contributed by atoms with Gasteiger partial charge in [-0.2, -0.15) is 0 Å². The molecule has 0 saturated carbocycles. The van der Waals surface area contributed by atoms with Crippen molar-refractivity contribution in [1.82, 2.24) is 19.9 Å². The summed E-state index contributed by atoms with van der Waals surface area (Å²) in [5, 5.41) is 4.55. The average Bonchev–Trinajstić information content (AvgIpc) is 2.97. The molecule has 104 valence electrons. The maximum atomic E-state index is 4.80. The molecule has 2 aromatic heterocycles. The SMILES string of the molecule is CCCNCc1sc(-c2cncn2C)nc1CCC. The lowest BCUT2D eigenvalue weighted by atomic mass is 10.2. The van der Waals surface area contributed by atoms with E-state index in [0.29, 0.717) is 0 Å². The van der Waals surface area contributed by atoms with E-state index in [9.17, 15) is 0 Å². The number of hydrogen-bond acceptors (Lipinski definition) is 4. The van der Waals surface area contributed by atoms with E-state index in [1.165, 1.54) is 10.6 Å². The molecule has 0 aliphatic heterocycles. The number of aromatic nitrogens is 3. The summed E-state index contributed by atoms with van der Waals surface area (Å²) in [6.45, 7) is 6.38. The Balaban J connectivity index is 2.22. The van der Waals surface area contributed by atoms with E-state index in [-0.39, 0.29) is 0 Å². The maximum absolute atomic E-state index is 4.80. The highest BCUT2D eigenvalue weighted by Crippen LogP contribution is 2.28. The zero-order valence-corrected chi connectivity index (χ0v) is 12.8. The smallest absolute Gasteiger partial charge is 0.142 e. The Morgan fingerprint density at radius 3 is 2.79 bits per heavy atom. The molecule has 2 aromatic rings. The molecule has 0 radical (unpaired) electrons. The van der Waals surface area contributed by atoms with Crippen LogP contribution < -0.4 is 5.32 Å². The predicted octanol–water partition coefficient (Wildman–Crippen LogP) is 3.00. The molecule has 0 fully saturated rings. The summed E-state index contributed by atoms with van der Waals surface area (Å²) in [7, 11) is 2.01. The molecule has 0 spiro atoms. The average molecular weight is 278 g/mol. The van der Waals surface area contributed by atoms with Crippen molar-refractivity contribution in [2.75, 3.05) is 6.54 Å². The van der Waals surface area contributed by atoms with Gasteiger partial charge in [0, 0.05) is 18.5 Å². The van der Waals surface area contributed by atoms with Crippen LogP contribution in [0.25, 0.3) is 10.7 Å². The Hall–Kier alpha value is -1.20. The molecule has 2 heterocycles. The molecular weight excluding hydrogens is 256 g/mol. The van der Waals surface area contributed by atoms with E-state index in [2.05, 4.69) is 24.1 Å². The molecule has 0 bridgehead atoms. The minimum atomic E-state index is 0.929. The summed E-state index contributed by atoms with van der Waals surface area (Å²) in [4.78, 5) is 10.3. The molecule has 4 nitrogen and oxygen atoms in total. The topological polar surface area (TPSA) is 42.7 Å². The molecular formula is C14H22N4S. The summed E-state index contributed by atoms with van der Waals surface area (Å²) in [5.41, 5.74) is 2.34. The fraction of sp³-hybridized carbons (Fsp3) is 0.571. The van der Waals surface area contributed by atoms with Crippen LogP contribution >= 0.6 is 11.3 Å². The van der Waals surface area contributed by atoms with Gasteiger partial charge in [0.1, 0.15) is 5.01 Å². The van der Waals surface area contributed by atoms with Crippen LogP contribution in [0, 0.1) is 0 Å². The van der Waals surface area contributed by atoms with Crippen molar-refractivity contribution >= 4 is 11.3 Å². The Morgan fingerprint density at radius 2 is 2.16 bits per heavy atom. The van der Waals surface area contributed by atoms with E-state index in [1.54, 1.807) is 11.3 Å². The summed E-state index contributed by atoms with van der Waals surface area (Å²) in [6, 6.07) is 0. The normalized spacial score (nSPS) is 11.1. The largest absolute Gasteiger partial charge is 0.332 e. The molecule has 0 unspecified atom stereocenters. The molecule has 0 aromatic carbocycles. The molecule has 0 aliphatic carbocycles. The second-order valence-corrected chi connectivity index (χ2v) is 5.79. The van der Waals surface area contributed by atoms with E-state index < -0.39 is 0 Å². The Kier molecular flexibility index (Phi) is 5.10. The van der Waals surface area contributed by atoms with Crippen molar-refractivity contribution < 1.29 is 0 Å². The lowest BCUT2D eigenvalue weighted by Gasteiger charge is -2.02. The first-order chi connectivity index (χ1) is 9.26. The van der Waals surface area contributed by atoms with Gasteiger partial charge in [0.05, 0.1) is 23.9 Å². The van der Waals surface area contributed by atoms with Gasteiger partial charge in [-0.25, -0.2) is 9.97 Å². The second kappa shape index (κ2) is 6.82. The van der Waals surface area contributed by atoms with Crippen LogP contribution in [0.15, 0.2) is 12.5 Å². The number of rotatable bonds is 7. The van der Waals surface area contributed by atoms with E-state index >= 15 is 0 Å². The van der Waals surface area contributed by atoms with Gasteiger partial charge < -0.3 is 9.88 Å². The molecule has 2 rings (SSSR count). The van der Waals surface area contributed by atoms with Gasteiger partial charge in [-0.05, 0) is 19.4 Å². The van der Waals surface area contributed by atoms with Gasteiger partial charge in [-0.3, -0.25) is 0 Å². The van der Waals surface area contributed by atoms with Crippen LogP contribution in [-0.2, 0) is 20.0 Å². The minimum absolute atomic E-state index is 0.929. The van der Waals surface area contributed by atoms with Crippen molar-refractivity contribution in [3.8, 4) is 10.7 Å². The molecule has 0 aliphatic rings. The van der Waals surface area contributed by atoms with Crippen molar-refractivity contribution in [3.05, 3.63) is 23.1 Å². The molecule has 0 amide bonds. The van der Waals surface area contributed by atoms with Crippen molar-refractivity contribution in [2.45, 2.75) is 39.7 Å². The molecule has 5 heteroatoms. The van der Waals surface area contributed by atoms with Gasteiger partial charge in [-0.1, -0.05) is 20.3 Å². The van der Waals surface area contributed by atoms with Gasteiger partial charge in [0.25, 0.3) is 0 Å². The predicted molar refractivity (Wildman–Crippen MR) is 80.3 cm³/mol. The van der Waals surface area contributed by atoms with Crippen LogP contribution in [0.5, 0.6) is 0 Å². The number of imidazole rings is 1. The summed E-state index contributed by atoms with van der Waals surface area (Å²) in [6.07, 6.45) is 7.06. The van der Waals surface area contributed by atoms with E-state index in [0.717, 1.165) is 43.1 Å². The van der Waals surface area contributed by atoms with E-state index in [4.69, 9.17) is 4.98 Å². The third-order valence-electron chi connectivity index (χ3n) is 3.01. The maximum Gasteiger partial charge on any atom is 0.142 e. The summed E-state index contributed by atoms with van der Waals surface area (Å²) in [5.74, 6) is 0. The lowest BCUT2D eigenvalue weighted by molar-refractivity contribution is 0.674. The number of nitrogens with one attached hydrogen (secondary N) is 1. The first kappa shape index (κ1) is 14.2. The monoisotopic (exact) mass is 278 g/mol. The van der Waals surface area contributed by atoms with Crippen molar-refractivity contribution in [2.24, 2.45) is 7.05 Å². The lowest BCUT2D eigenvalue weighted by Crippen LogP contribution is -2.13. The fourth-order valence-electron chi connectivity index (χ4n) is 2.01.